The molecule has 1 amide bonds. The van der Waals surface area contributed by atoms with E-state index in [1.54, 1.807) is 18.2 Å². The second-order valence-electron chi connectivity index (χ2n) is 4.02. The summed E-state index contributed by atoms with van der Waals surface area (Å²) in [5.74, 6) is -1.31. The van der Waals surface area contributed by atoms with Crippen LogP contribution in [0.4, 0.5) is 5.69 Å². The summed E-state index contributed by atoms with van der Waals surface area (Å²) in [6.45, 7) is 1.90. The number of nitrogens with one attached hydrogen (secondary N) is 1. The van der Waals surface area contributed by atoms with Crippen molar-refractivity contribution in [2.75, 3.05) is 5.32 Å². The fraction of sp³-hybridized carbons (Fsp3) is 0.0769. The molecular formula is C13H9Br2NO3S. The maximum absolute atomic E-state index is 12.1. The van der Waals surface area contributed by atoms with E-state index in [0.717, 1.165) is 9.35 Å². The van der Waals surface area contributed by atoms with E-state index in [9.17, 15) is 9.59 Å². The summed E-state index contributed by atoms with van der Waals surface area (Å²) in [7, 11) is 0. The molecule has 0 atom stereocenters. The van der Waals surface area contributed by atoms with Crippen LogP contribution in [0.5, 0.6) is 0 Å². The van der Waals surface area contributed by atoms with Gasteiger partial charge in [0.15, 0.2) is 0 Å². The first-order valence-corrected chi connectivity index (χ1v) is 7.89. The van der Waals surface area contributed by atoms with Crippen LogP contribution in [0.3, 0.4) is 0 Å². The summed E-state index contributed by atoms with van der Waals surface area (Å²) in [6, 6.07) is 6.43. The Labute approximate surface area is 136 Å². The summed E-state index contributed by atoms with van der Waals surface area (Å²) < 4.78 is 1.38. The van der Waals surface area contributed by atoms with Gasteiger partial charge in [-0.1, -0.05) is 0 Å². The maximum Gasteiger partial charge on any atom is 0.336 e. The van der Waals surface area contributed by atoms with Crippen LogP contribution in [0.1, 0.15) is 25.6 Å². The third kappa shape index (κ3) is 3.28. The lowest BCUT2D eigenvalue weighted by Gasteiger charge is -2.06. The number of halogens is 2. The zero-order valence-corrected chi connectivity index (χ0v) is 14.2. The predicted octanol–water partition coefficient (Wildman–Crippen LogP) is 4.53. The van der Waals surface area contributed by atoms with Crippen LogP contribution in [0.25, 0.3) is 0 Å². The van der Waals surface area contributed by atoms with Crippen molar-refractivity contribution in [2.24, 2.45) is 0 Å². The molecule has 2 aromatic rings. The summed E-state index contributed by atoms with van der Waals surface area (Å²) in [5.41, 5.74) is 1.53. The van der Waals surface area contributed by atoms with Gasteiger partial charge in [0, 0.05) is 10.2 Å². The highest BCUT2D eigenvalue weighted by atomic mass is 79.9. The van der Waals surface area contributed by atoms with E-state index in [1.807, 2.05) is 6.92 Å². The topological polar surface area (TPSA) is 66.4 Å². The minimum absolute atomic E-state index is 0.103. The van der Waals surface area contributed by atoms with Gasteiger partial charge in [0.05, 0.1) is 14.2 Å². The maximum atomic E-state index is 12.1. The number of benzene rings is 1. The zero-order valence-electron chi connectivity index (χ0n) is 10.2. The molecular weight excluding hydrogens is 410 g/mol. The van der Waals surface area contributed by atoms with Crippen LogP contribution in [0.2, 0.25) is 0 Å². The molecule has 1 aromatic carbocycles. The second kappa shape index (κ2) is 6.07. The Hall–Kier alpha value is -1.18. The largest absolute Gasteiger partial charge is 0.478 e. The molecule has 1 heterocycles. The Kier molecular flexibility index (Phi) is 4.62. The van der Waals surface area contributed by atoms with Crippen molar-refractivity contribution < 1.29 is 14.7 Å². The molecule has 0 fully saturated rings. The molecule has 1 aromatic heterocycles. The van der Waals surface area contributed by atoms with Gasteiger partial charge in [-0.05, 0) is 68.6 Å². The molecule has 0 aliphatic carbocycles. The van der Waals surface area contributed by atoms with Gasteiger partial charge in [0.25, 0.3) is 5.91 Å². The minimum Gasteiger partial charge on any atom is -0.478 e. The van der Waals surface area contributed by atoms with E-state index in [-0.39, 0.29) is 11.5 Å². The number of rotatable bonds is 3. The van der Waals surface area contributed by atoms with Crippen LogP contribution >= 0.6 is 43.2 Å². The smallest absolute Gasteiger partial charge is 0.336 e. The van der Waals surface area contributed by atoms with Gasteiger partial charge in [0.1, 0.15) is 0 Å². The van der Waals surface area contributed by atoms with Crippen molar-refractivity contribution in [2.45, 2.75) is 6.92 Å². The third-order valence-electron chi connectivity index (χ3n) is 2.54. The van der Waals surface area contributed by atoms with E-state index in [2.05, 4.69) is 37.2 Å². The number of amides is 1. The monoisotopic (exact) mass is 417 g/mol. The summed E-state index contributed by atoms with van der Waals surface area (Å²) in [5, 5.41) is 11.7. The van der Waals surface area contributed by atoms with Gasteiger partial charge >= 0.3 is 5.97 Å². The number of carboxylic acids is 1. The molecule has 4 nitrogen and oxygen atoms in total. The van der Waals surface area contributed by atoms with Gasteiger partial charge in [-0.15, -0.1) is 11.3 Å². The summed E-state index contributed by atoms with van der Waals surface area (Å²) in [6.07, 6.45) is 0. The number of carbonyl (C=O) groups excluding carboxylic acids is 1. The molecule has 0 unspecified atom stereocenters. The normalized spacial score (nSPS) is 10.3. The Bertz CT molecular complexity index is 677. The first-order valence-electron chi connectivity index (χ1n) is 5.48. The molecule has 0 saturated heterocycles. The van der Waals surface area contributed by atoms with Crippen LogP contribution in [-0.2, 0) is 0 Å². The van der Waals surface area contributed by atoms with E-state index in [1.165, 1.54) is 17.4 Å². The SMILES string of the molecule is Cc1cc(C(=O)Nc2ccc(Br)c(C(=O)O)c2)sc1Br. The van der Waals surface area contributed by atoms with Gasteiger partial charge in [0.2, 0.25) is 0 Å². The lowest BCUT2D eigenvalue weighted by molar-refractivity contribution is 0.0695. The highest BCUT2D eigenvalue weighted by molar-refractivity contribution is 9.11. The summed E-state index contributed by atoms with van der Waals surface area (Å²) in [4.78, 5) is 23.7. The van der Waals surface area contributed by atoms with Crippen LogP contribution in [0.15, 0.2) is 32.5 Å². The lowest BCUT2D eigenvalue weighted by Crippen LogP contribution is -2.11. The van der Waals surface area contributed by atoms with Crippen molar-refractivity contribution in [1.82, 2.24) is 0 Å². The number of hydrogen-bond donors (Lipinski definition) is 2. The first kappa shape index (κ1) is 15.2. The van der Waals surface area contributed by atoms with Crippen molar-refractivity contribution in [3.8, 4) is 0 Å². The molecule has 2 rings (SSSR count). The van der Waals surface area contributed by atoms with E-state index >= 15 is 0 Å². The second-order valence-corrected chi connectivity index (χ2v) is 7.25. The predicted molar refractivity (Wildman–Crippen MR) is 85.8 cm³/mol. The van der Waals surface area contributed by atoms with Gasteiger partial charge in [-0.2, -0.15) is 0 Å². The number of aryl methyl sites for hydroxylation is 1. The quantitative estimate of drug-likeness (QED) is 0.769. The van der Waals surface area contributed by atoms with Gasteiger partial charge in [-0.25, -0.2) is 4.79 Å². The lowest BCUT2D eigenvalue weighted by atomic mass is 10.2. The van der Waals surface area contributed by atoms with E-state index in [4.69, 9.17) is 5.11 Å². The molecule has 0 saturated carbocycles. The molecule has 7 heteroatoms. The van der Waals surface area contributed by atoms with Crippen molar-refractivity contribution >= 4 is 60.8 Å². The molecule has 2 N–H and O–H groups in total. The number of anilines is 1. The molecule has 0 spiro atoms. The number of thiophene rings is 1. The Morgan fingerprint density at radius 2 is 1.95 bits per heavy atom. The Morgan fingerprint density at radius 1 is 1.25 bits per heavy atom. The average molecular weight is 419 g/mol. The molecule has 0 bridgehead atoms. The number of hydrogen-bond acceptors (Lipinski definition) is 3. The van der Waals surface area contributed by atoms with Crippen LogP contribution in [0, 0.1) is 6.92 Å². The number of carbonyl (C=O) groups is 2. The van der Waals surface area contributed by atoms with Gasteiger partial charge < -0.3 is 10.4 Å². The highest BCUT2D eigenvalue weighted by Crippen LogP contribution is 2.28. The molecule has 0 aliphatic heterocycles. The van der Waals surface area contributed by atoms with Crippen LogP contribution in [-0.4, -0.2) is 17.0 Å². The number of carboxylic acid groups (broad SMARTS) is 1. The van der Waals surface area contributed by atoms with E-state index < -0.39 is 5.97 Å². The molecule has 0 radical (unpaired) electrons. The van der Waals surface area contributed by atoms with Crippen LogP contribution < -0.4 is 5.32 Å². The Balaban J connectivity index is 2.24. The van der Waals surface area contributed by atoms with Crippen molar-refractivity contribution in [1.29, 1.82) is 0 Å². The van der Waals surface area contributed by atoms with Crippen molar-refractivity contribution in [3.05, 3.63) is 48.5 Å². The average Bonchev–Trinajstić information content (AvgIpc) is 2.72. The fourth-order valence-corrected chi connectivity index (χ4v) is 3.38. The standard InChI is InChI=1S/C13H9Br2NO3S/c1-6-4-10(20-11(6)15)12(17)16-7-2-3-9(14)8(5-7)13(18)19/h2-5H,1H3,(H,16,17)(H,18,19). The number of aromatic carboxylic acids is 1. The molecule has 20 heavy (non-hydrogen) atoms. The minimum atomic E-state index is -1.05. The van der Waals surface area contributed by atoms with E-state index in [0.29, 0.717) is 15.0 Å². The zero-order chi connectivity index (χ0) is 14.9. The highest BCUT2D eigenvalue weighted by Gasteiger charge is 2.14. The first-order chi connectivity index (χ1) is 9.38. The van der Waals surface area contributed by atoms with Gasteiger partial charge in [-0.3, -0.25) is 4.79 Å². The third-order valence-corrected chi connectivity index (χ3v) is 5.36. The molecule has 104 valence electrons. The fourth-order valence-electron chi connectivity index (χ4n) is 1.53. The van der Waals surface area contributed by atoms with Crippen molar-refractivity contribution in [3.63, 3.8) is 0 Å². The summed E-state index contributed by atoms with van der Waals surface area (Å²) >= 11 is 7.86. The molecule has 0 aliphatic rings. The Morgan fingerprint density at radius 3 is 2.50 bits per heavy atom.